The van der Waals surface area contributed by atoms with Crippen molar-refractivity contribution < 1.29 is 14.0 Å². The summed E-state index contributed by atoms with van der Waals surface area (Å²) in [6, 6.07) is 7.44. The summed E-state index contributed by atoms with van der Waals surface area (Å²) in [7, 11) is 1.63. The van der Waals surface area contributed by atoms with Crippen molar-refractivity contribution >= 4 is 0 Å². The first-order valence-corrected chi connectivity index (χ1v) is 7.08. The van der Waals surface area contributed by atoms with Gasteiger partial charge in [0.15, 0.2) is 5.82 Å². The van der Waals surface area contributed by atoms with Gasteiger partial charge in [-0.3, -0.25) is 0 Å². The van der Waals surface area contributed by atoms with E-state index in [-0.39, 0.29) is 5.54 Å². The number of hydrogen-bond acceptors (Lipinski definition) is 6. The number of aromatic nitrogens is 2. The molecule has 1 aliphatic carbocycles. The lowest BCUT2D eigenvalue weighted by Gasteiger charge is -2.34. The molecule has 0 spiro atoms. The molecule has 1 fully saturated rings. The maximum Gasteiger partial charge on any atom is 0.230 e. The molecule has 1 aromatic heterocycles. The zero-order valence-electron chi connectivity index (χ0n) is 12.0. The van der Waals surface area contributed by atoms with Gasteiger partial charge in [0, 0.05) is 0 Å². The van der Waals surface area contributed by atoms with Crippen molar-refractivity contribution in [1.82, 2.24) is 10.1 Å². The van der Waals surface area contributed by atoms with Crippen LogP contribution in [0.5, 0.6) is 11.5 Å². The summed E-state index contributed by atoms with van der Waals surface area (Å²) < 4.78 is 15.9. The van der Waals surface area contributed by atoms with Crippen molar-refractivity contribution in [2.45, 2.75) is 31.2 Å². The van der Waals surface area contributed by atoms with Crippen LogP contribution in [-0.2, 0) is 12.0 Å². The number of nitrogens with zero attached hydrogens (tertiary/aromatic N) is 2. The fourth-order valence-electron chi connectivity index (χ4n) is 2.27. The predicted octanol–water partition coefficient (Wildman–Crippen LogP) is 2.04. The molecule has 6 nitrogen and oxygen atoms in total. The van der Waals surface area contributed by atoms with Gasteiger partial charge in [-0.25, -0.2) is 0 Å². The first-order chi connectivity index (χ1) is 10.2. The fraction of sp³-hybridized carbons (Fsp3) is 0.467. The van der Waals surface area contributed by atoms with Crippen molar-refractivity contribution in [3.63, 3.8) is 0 Å². The van der Waals surface area contributed by atoms with Gasteiger partial charge in [-0.1, -0.05) is 5.16 Å². The minimum atomic E-state index is -0.376. The highest BCUT2D eigenvalue weighted by molar-refractivity contribution is 5.31. The van der Waals surface area contributed by atoms with Crippen LogP contribution in [-0.4, -0.2) is 23.9 Å². The molecule has 0 amide bonds. The number of rotatable bonds is 6. The third-order valence-corrected chi connectivity index (χ3v) is 3.80. The van der Waals surface area contributed by atoms with E-state index in [1.165, 1.54) is 0 Å². The van der Waals surface area contributed by atoms with E-state index in [0.29, 0.717) is 24.7 Å². The Morgan fingerprint density at radius 1 is 1.24 bits per heavy atom. The summed E-state index contributed by atoms with van der Waals surface area (Å²) in [6.45, 7) is 0.478. The van der Waals surface area contributed by atoms with E-state index >= 15 is 0 Å². The topological polar surface area (TPSA) is 83.4 Å². The Balaban J connectivity index is 1.51. The molecule has 2 aromatic rings. The number of benzene rings is 1. The van der Waals surface area contributed by atoms with E-state index < -0.39 is 0 Å². The van der Waals surface area contributed by atoms with Crippen LogP contribution in [0.2, 0.25) is 0 Å². The second kappa shape index (κ2) is 5.73. The molecule has 3 rings (SSSR count). The van der Waals surface area contributed by atoms with Crippen LogP contribution in [0.25, 0.3) is 0 Å². The Kier molecular flexibility index (Phi) is 3.79. The summed E-state index contributed by atoms with van der Waals surface area (Å²) >= 11 is 0. The van der Waals surface area contributed by atoms with Gasteiger partial charge in [0.2, 0.25) is 5.89 Å². The van der Waals surface area contributed by atoms with Gasteiger partial charge >= 0.3 is 0 Å². The molecule has 112 valence electrons. The summed E-state index contributed by atoms with van der Waals surface area (Å²) in [5.41, 5.74) is 5.78. The van der Waals surface area contributed by atoms with Gasteiger partial charge in [-0.2, -0.15) is 4.98 Å². The quantitative estimate of drug-likeness (QED) is 0.876. The predicted molar refractivity (Wildman–Crippen MR) is 76.2 cm³/mol. The third kappa shape index (κ3) is 3.00. The van der Waals surface area contributed by atoms with E-state index in [9.17, 15) is 0 Å². The Morgan fingerprint density at radius 2 is 1.95 bits per heavy atom. The van der Waals surface area contributed by atoms with Crippen LogP contribution >= 0.6 is 0 Å². The lowest BCUT2D eigenvalue weighted by Crippen LogP contribution is -2.44. The molecule has 0 aliphatic heterocycles. The van der Waals surface area contributed by atoms with Gasteiger partial charge in [0.25, 0.3) is 0 Å². The first kappa shape index (κ1) is 13.9. The smallest absolute Gasteiger partial charge is 0.230 e. The Labute approximate surface area is 123 Å². The van der Waals surface area contributed by atoms with Crippen LogP contribution in [0.3, 0.4) is 0 Å². The Bertz CT molecular complexity index is 590. The van der Waals surface area contributed by atoms with Gasteiger partial charge in [-0.15, -0.1) is 0 Å². The summed E-state index contributed by atoms with van der Waals surface area (Å²) in [5.74, 6) is 2.77. The van der Waals surface area contributed by atoms with E-state index in [4.69, 9.17) is 19.7 Å². The molecule has 0 radical (unpaired) electrons. The van der Waals surface area contributed by atoms with E-state index in [2.05, 4.69) is 10.1 Å². The number of ether oxygens (including phenoxy) is 2. The van der Waals surface area contributed by atoms with Crippen molar-refractivity contribution in [3.8, 4) is 11.5 Å². The Morgan fingerprint density at radius 3 is 2.57 bits per heavy atom. The van der Waals surface area contributed by atoms with Gasteiger partial charge in [0.1, 0.15) is 11.5 Å². The van der Waals surface area contributed by atoms with Gasteiger partial charge < -0.3 is 19.7 Å². The van der Waals surface area contributed by atoms with E-state index in [0.717, 1.165) is 30.8 Å². The number of hydrogen-bond donors (Lipinski definition) is 1. The maximum absolute atomic E-state index is 6.16. The summed E-state index contributed by atoms with van der Waals surface area (Å²) in [4.78, 5) is 4.36. The Hall–Kier alpha value is -2.08. The van der Waals surface area contributed by atoms with Crippen LogP contribution in [0.1, 0.15) is 31.0 Å². The van der Waals surface area contributed by atoms with Gasteiger partial charge in [0.05, 0.1) is 25.7 Å². The van der Waals surface area contributed by atoms with Crippen molar-refractivity contribution in [1.29, 1.82) is 0 Å². The molecular formula is C15H19N3O3. The second-order valence-electron chi connectivity index (χ2n) is 5.30. The molecular weight excluding hydrogens is 270 g/mol. The monoisotopic (exact) mass is 289 g/mol. The largest absolute Gasteiger partial charge is 0.497 e. The number of methoxy groups -OCH3 is 1. The molecule has 0 bridgehead atoms. The zero-order chi connectivity index (χ0) is 14.7. The molecule has 2 N–H and O–H groups in total. The molecule has 0 saturated heterocycles. The van der Waals surface area contributed by atoms with E-state index in [1.807, 2.05) is 24.3 Å². The van der Waals surface area contributed by atoms with Gasteiger partial charge in [-0.05, 0) is 43.5 Å². The lowest BCUT2D eigenvalue weighted by molar-refractivity contribution is 0.228. The highest BCUT2D eigenvalue weighted by Gasteiger charge is 2.38. The average molecular weight is 289 g/mol. The lowest BCUT2D eigenvalue weighted by atomic mass is 9.77. The molecule has 1 aliphatic rings. The minimum Gasteiger partial charge on any atom is -0.497 e. The molecule has 1 aromatic carbocycles. The molecule has 6 heteroatoms. The SMILES string of the molecule is COc1ccc(OCCc2nc(C3(N)CCC3)no2)cc1. The van der Waals surface area contributed by atoms with Crippen LogP contribution in [0, 0.1) is 0 Å². The van der Waals surface area contributed by atoms with Crippen LogP contribution in [0.15, 0.2) is 28.8 Å². The van der Waals surface area contributed by atoms with E-state index in [1.54, 1.807) is 7.11 Å². The zero-order valence-corrected chi connectivity index (χ0v) is 12.0. The molecule has 1 heterocycles. The number of nitrogens with two attached hydrogens (primary N) is 1. The maximum atomic E-state index is 6.16. The average Bonchev–Trinajstić information content (AvgIpc) is 2.95. The third-order valence-electron chi connectivity index (χ3n) is 3.80. The van der Waals surface area contributed by atoms with Crippen molar-refractivity contribution in [2.24, 2.45) is 5.73 Å². The molecule has 1 saturated carbocycles. The minimum absolute atomic E-state index is 0.376. The highest BCUT2D eigenvalue weighted by Crippen LogP contribution is 2.36. The fourth-order valence-corrected chi connectivity index (χ4v) is 2.27. The highest BCUT2D eigenvalue weighted by atomic mass is 16.5. The molecule has 21 heavy (non-hydrogen) atoms. The normalized spacial score (nSPS) is 16.3. The standard InChI is InChI=1S/C15H19N3O3/c1-19-11-3-5-12(6-4-11)20-10-7-13-17-14(18-21-13)15(16)8-2-9-15/h3-6H,2,7-10,16H2,1H3. The van der Waals surface area contributed by atoms with Crippen molar-refractivity contribution in [2.75, 3.05) is 13.7 Å². The second-order valence-corrected chi connectivity index (χ2v) is 5.30. The van der Waals surface area contributed by atoms with Crippen molar-refractivity contribution in [3.05, 3.63) is 36.0 Å². The first-order valence-electron chi connectivity index (χ1n) is 7.08. The summed E-state index contributed by atoms with van der Waals surface area (Å²) in [6.07, 6.45) is 3.54. The van der Waals surface area contributed by atoms with Crippen LogP contribution < -0.4 is 15.2 Å². The molecule has 0 unspecified atom stereocenters. The van der Waals surface area contributed by atoms with Crippen LogP contribution in [0.4, 0.5) is 0 Å². The summed E-state index contributed by atoms with van der Waals surface area (Å²) in [5, 5.41) is 3.98. The molecule has 0 atom stereocenters.